The largest absolute Gasteiger partial charge is 0.490 e. The van der Waals surface area contributed by atoms with Gasteiger partial charge in [-0.25, -0.2) is 13.4 Å². The van der Waals surface area contributed by atoms with E-state index in [9.17, 15) is 13.2 Å². The first kappa shape index (κ1) is 23.4. The molecule has 2 heterocycles. The van der Waals surface area contributed by atoms with Gasteiger partial charge in [-0.15, -0.1) is 11.8 Å². The summed E-state index contributed by atoms with van der Waals surface area (Å²) >= 11 is 3.34. The van der Waals surface area contributed by atoms with Gasteiger partial charge < -0.3 is 14.5 Å². The molecule has 1 saturated carbocycles. The van der Waals surface area contributed by atoms with Crippen molar-refractivity contribution >= 4 is 44.0 Å². The fourth-order valence-electron chi connectivity index (χ4n) is 4.13. The number of nitrogens with zero attached hydrogens (tertiary/aromatic N) is 3. The highest BCUT2D eigenvalue weighted by Crippen LogP contribution is 2.31. The maximum Gasteiger partial charge on any atom is 0.257 e. The van der Waals surface area contributed by atoms with Gasteiger partial charge in [0.05, 0.1) is 27.0 Å². The molecule has 32 heavy (non-hydrogen) atoms. The molecule has 4 rings (SSSR count). The Morgan fingerprint density at radius 1 is 1.16 bits per heavy atom. The minimum atomic E-state index is -3.43. The molecule has 0 N–H and O–H groups in total. The number of hydrogen-bond donors (Lipinski definition) is 0. The second-order valence-electron chi connectivity index (χ2n) is 8.25. The van der Waals surface area contributed by atoms with Crippen molar-refractivity contribution in [2.45, 2.75) is 47.3 Å². The molecule has 0 spiro atoms. The predicted octanol–water partition coefficient (Wildman–Crippen LogP) is 3.94. The summed E-state index contributed by atoms with van der Waals surface area (Å²) in [6, 6.07) is 4.66. The molecule has 1 aliphatic heterocycles. The Hall–Kier alpha value is -1.78. The van der Waals surface area contributed by atoms with E-state index in [0.717, 1.165) is 37.1 Å². The molecule has 7 nitrogen and oxygen atoms in total. The van der Waals surface area contributed by atoms with Crippen LogP contribution in [-0.2, 0) is 9.84 Å². The number of piperazine rings is 1. The normalized spacial score (nSPS) is 18.1. The lowest BCUT2D eigenvalue weighted by Crippen LogP contribution is -2.48. The lowest BCUT2D eigenvalue weighted by Gasteiger charge is -2.35. The van der Waals surface area contributed by atoms with E-state index in [1.807, 2.05) is 12.5 Å². The molecule has 0 radical (unpaired) electrons. The molecule has 2 fully saturated rings. The predicted molar refractivity (Wildman–Crippen MR) is 129 cm³/mol. The number of benzene rings is 1. The van der Waals surface area contributed by atoms with Crippen LogP contribution in [0.25, 0.3) is 0 Å². The van der Waals surface area contributed by atoms with Crippen LogP contribution in [0.2, 0.25) is 0 Å². The molecule has 0 atom stereocenters. The number of amides is 1. The topological polar surface area (TPSA) is 79.8 Å². The second kappa shape index (κ2) is 10.0. The van der Waals surface area contributed by atoms with Crippen molar-refractivity contribution in [2.75, 3.05) is 43.6 Å². The van der Waals surface area contributed by atoms with E-state index < -0.39 is 9.84 Å². The molecular formula is C22H29N3O4S3. The van der Waals surface area contributed by atoms with Gasteiger partial charge in [0.25, 0.3) is 5.91 Å². The lowest BCUT2D eigenvalue weighted by molar-refractivity contribution is 0.0735. The Labute approximate surface area is 198 Å². The van der Waals surface area contributed by atoms with Crippen molar-refractivity contribution in [2.24, 2.45) is 0 Å². The number of thioether (sulfide) groups is 1. The fourth-order valence-corrected chi connectivity index (χ4v) is 6.20. The average molecular weight is 496 g/mol. The van der Waals surface area contributed by atoms with E-state index in [-0.39, 0.29) is 16.9 Å². The molecule has 10 heteroatoms. The zero-order valence-electron chi connectivity index (χ0n) is 18.5. The molecule has 2 aromatic rings. The van der Waals surface area contributed by atoms with Crippen LogP contribution in [0.3, 0.4) is 0 Å². The third-order valence-electron chi connectivity index (χ3n) is 5.97. The summed E-state index contributed by atoms with van der Waals surface area (Å²) in [6.45, 7) is 2.49. The third-order valence-corrected chi connectivity index (χ3v) is 9.19. The van der Waals surface area contributed by atoms with Crippen LogP contribution >= 0.6 is 23.1 Å². The smallest absolute Gasteiger partial charge is 0.257 e. The standard InChI is InChI=1S/C22H29N3O4S3/c1-30-20-15-23-22(31-20)25-12-10-24(11-13-25)21(26)18-14-17(32(2,27)28)8-9-19(18)29-16-6-4-3-5-7-16/h8-9,14-16H,3-7,10-13H2,1-2H3. The van der Waals surface area contributed by atoms with Crippen LogP contribution in [0.15, 0.2) is 33.5 Å². The monoisotopic (exact) mass is 495 g/mol. The van der Waals surface area contributed by atoms with Crippen LogP contribution < -0.4 is 9.64 Å². The van der Waals surface area contributed by atoms with E-state index in [1.165, 1.54) is 22.8 Å². The number of hydrogen-bond acceptors (Lipinski definition) is 8. The number of carbonyl (C=O) groups excluding carboxylic acids is 1. The Kier molecular flexibility index (Phi) is 7.31. The number of rotatable bonds is 6. The molecular weight excluding hydrogens is 466 g/mol. The fraction of sp³-hybridized carbons (Fsp3) is 0.545. The number of anilines is 1. The van der Waals surface area contributed by atoms with E-state index in [4.69, 9.17) is 4.74 Å². The first-order chi connectivity index (χ1) is 15.3. The number of ether oxygens (including phenoxy) is 1. The van der Waals surface area contributed by atoms with Gasteiger partial charge in [-0.1, -0.05) is 17.8 Å². The summed E-state index contributed by atoms with van der Waals surface area (Å²) in [5.74, 6) is 0.311. The summed E-state index contributed by atoms with van der Waals surface area (Å²) in [5.41, 5.74) is 0.339. The van der Waals surface area contributed by atoms with Gasteiger partial charge in [0.2, 0.25) is 0 Å². The third kappa shape index (κ3) is 5.40. The van der Waals surface area contributed by atoms with Gasteiger partial charge in [-0.3, -0.25) is 4.79 Å². The first-order valence-corrected chi connectivity index (χ1v) is 14.8. The van der Waals surface area contributed by atoms with Gasteiger partial charge in [0.1, 0.15) is 5.75 Å². The highest BCUT2D eigenvalue weighted by atomic mass is 32.2. The van der Waals surface area contributed by atoms with Crippen molar-refractivity contribution in [1.82, 2.24) is 9.88 Å². The molecule has 1 amide bonds. The van der Waals surface area contributed by atoms with Gasteiger partial charge >= 0.3 is 0 Å². The Morgan fingerprint density at radius 2 is 1.88 bits per heavy atom. The average Bonchev–Trinajstić information content (AvgIpc) is 3.28. The van der Waals surface area contributed by atoms with Crippen molar-refractivity contribution in [3.63, 3.8) is 0 Å². The van der Waals surface area contributed by atoms with Gasteiger partial charge in [0.15, 0.2) is 15.0 Å². The first-order valence-electron chi connectivity index (χ1n) is 10.9. The molecule has 2 aliphatic rings. The summed E-state index contributed by atoms with van der Waals surface area (Å²) in [7, 11) is -3.43. The van der Waals surface area contributed by atoms with E-state index in [0.29, 0.717) is 37.5 Å². The zero-order valence-corrected chi connectivity index (χ0v) is 20.9. The molecule has 1 aromatic carbocycles. The quantitative estimate of drug-likeness (QED) is 0.562. The zero-order chi connectivity index (χ0) is 22.7. The van der Waals surface area contributed by atoms with Crippen LogP contribution in [-0.4, -0.2) is 69.0 Å². The van der Waals surface area contributed by atoms with Crippen LogP contribution in [0.4, 0.5) is 5.13 Å². The van der Waals surface area contributed by atoms with Crippen LogP contribution in [0, 0.1) is 0 Å². The summed E-state index contributed by atoms with van der Waals surface area (Å²) in [5, 5.41) is 0.974. The van der Waals surface area contributed by atoms with E-state index in [2.05, 4.69) is 9.88 Å². The van der Waals surface area contributed by atoms with Gasteiger partial charge in [-0.05, 0) is 50.1 Å². The van der Waals surface area contributed by atoms with Crippen LogP contribution in [0.1, 0.15) is 42.5 Å². The van der Waals surface area contributed by atoms with Crippen LogP contribution in [0.5, 0.6) is 5.75 Å². The molecule has 0 unspecified atom stereocenters. The van der Waals surface area contributed by atoms with Gasteiger partial charge in [-0.2, -0.15) is 0 Å². The van der Waals surface area contributed by atoms with Crippen molar-refractivity contribution in [3.8, 4) is 5.75 Å². The minimum absolute atomic E-state index is 0.0757. The van der Waals surface area contributed by atoms with E-state index >= 15 is 0 Å². The highest BCUT2D eigenvalue weighted by molar-refractivity contribution is 8.00. The molecule has 1 saturated heterocycles. The molecule has 1 aromatic heterocycles. The summed E-state index contributed by atoms with van der Waals surface area (Å²) in [4.78, 5) is 22.1. The molecule has 174 valence electrons. The Balaban J connectivity index is 1.52. The van der Waals surface area contributed by atoms with E-state index in [1.54, 1.807) is 34.1 Å². The Bertz CT molecular complexity index is 1060. The molecule has 0 bridgehead atoms. The number of sulfone groups is 1. The van der Waals surface area contributed by atoms with Crippen molar-refractivity contribution in [1.29, 1.82) is 0 Å². The van der Waals surface area contributed by atoms with Gasteiger partial charge in [0, 0.05) is 32.4 Å². The maximum atomic E-state index is 13.5. The number of carbonyl (C=O) groups is 1. The highest BCUT2D eigenvalue weighted by Gasteiger charge is 2.28. The van der Waals surface area contributed by atoms with Crippen molar-refractivity contribution in [3.05, 3.63) is 30.0 Å². The lowest BCUT2D eigenvalue weighted by atomic mass is 9.97. The number of aromatic nitrogens is 1. The second-order valence-corrected chi connectivity index (χ2v) is 12.4. The summed E-state index contributed by atoms with van der Waals surface area (Å²) < 4.78 is 31.6. The number of thiazole rings is 1. The van der Waals surface area contributed by atoms with Crippen molar-refractivity contribution < 1.29 is 17.9 Å². The Morgan fingerprint density at radius 3 is 2.50 bits per heavy atom. The minimum Gasteiger partial charge on any atom is -0.490 e. The summed E-state index contributed by atoms with van der Waals surface area (Å²) in [6.07, 6.45) is 10.5. The molecule has 1 aliphatic carbocycles. The SMILES string of the molecule is CSc1cnc(N2CCN(C(=O)c3cc(S(C)(=O)=O)ccc3OC3CCCCC3)CC2)s1. The maximum absolute atomic E-state index is 13.5.